The summed E-state index contributed by atoms with van der Waals surface area (Å²) < 4.78 is 17.2. The standard InChI is InChI=1S/C24H38N2O4/c1-17(2)10-12-29-22-9-8-20(13-23(22)28-5)24(27)26-11-6-7-21(26)16-25-14-18(3)30-19(4)15-25/h8-9,13,17-19,21H,6-7,10-12,14-16H2,1-5H3. The van der Waals surface area contributed by atoms with E-state index in [1.54, 1.807) is 7.11 Å². The third-order valence-corrected chi connectivity index (χ3v) is 5.97. The molecule has 0 spiro atoms. The SMILES string of the molecule is COc1cc(C(=O)N2CCCC2CN2CC(C)OC(C)C2)ccc1OCCC(C)C. The molecule has 2 fully saturated rings. The zero-order chi connectivity index (χ0) is 21.7. The zero-order valence-corrected chi connectivity index (χ0v) is 19.2. The van der Waals surface area contributed by atoms with E-state index in [0.717, 1.165) is 45.4 Å². The largest absolute Gasteiger partial charge is 0.493 e. The van der Waals surface area contributed by atoms with E-state index < -0.39 is 0 Å². The Morgan fingerprint density at radius 3 is 2.60 bits per heavy atom. The van der Waals surface area contributed by atoms with Gasteiger partial charge < -0.3 is 19.1 Å². The predicted octanol–water partition coefficient (Wildman–Crippen LogP) is 3.83. The maximum Gasteiger partial charge on any atom is 0.254 e. The third kappa shape index (κ3) is 5.88. The van der Waals surface area contributed by atoms with Gasteiger partial charge in [0.25, 0.3) is 5.91 Å². The Morgan fingerprint density at radius 1 is 1.20 bits per heavy atom. The lowest BCUT2D eigenvalue weighted by atomic mass is 10.1. The first-order chi connectivity index (χ1) is 14.4. The van der Waals surface area contributed by atoms with Crippen LogP contribution in [0, 0.1) is 5.92 Å². The number of nitrogens with zero attached hydrogens (tertiary/aromatic N) is 2. The molecule has 3 unspecified atom stereocenters. The highest BCUT2D eigenvalue weighted by Gasteiger charge is 2.33. The molecule has 0 N–H and O–H groups in total. The summed E-state index contributed by atoms with van der Waals surface area (Å²) in [5, 5.41) is 0. The van der Waals surface area contributed by atoms with E-state index in [1.165, 1.54) is 0 Å². The summed E-state index contributed by atoms with van der Waals surface area (Å²) in [4.78, 5) is 17.8. The number of morpholine rings is 1. The highest BCUT2D eigenvalue weighted by atomic mass is 16.5. The number of carbonyl (C=O) groups is 1. The second-order valence-electron chi connectivity index (χ2n) is 9.17. The van der Waals surface area contributed by atoms with E-state index in [-0.39, 0.29) is 24.2 Å². The van der Waals surface area contributed by atoms with Crippen LogP contribution in [0.3, 0.4) is 0 Å². The molecule has 1 aromatic rings. The summed E-state index contributed by atoms with van der Waals surface area (Å²) in [6.45, 7) is 12.8. The predicted molar refractivity (Wildman–Crippen MR) is 118 cm³/mol. The van der Waals surface area contributed by atoms with Gasteiger partial charge in [0.2, 0.25) is 0 Å². The molecule has 0 bridgehead atoms. The lowest BCUT2D eigenvalue weighted by Gasteiger charge is -2.38. The van der Waals surface area contributed by atoms with Crippen molar-refractivity contribution in [1.82, 2.24) is 9.80 Å². The molecular weight excluding hydrogens is 380 g/mol. The lowest BCUT2D eigenvalue weighted by Crippen LogP contribution is -2.50. The fourth-order valence-corrected chi connectivity index (χ4v) is 4.51. The van der Waals surface area contributed by atoms with Crippen molar-refractivity contribution in [3.8, 4) is 11.5 Å². The first-order valence-electron chi connectivity index (χ1n) is 11.4. The van der Waals surface area contributed by atoms with Crippen molar-refractivity contribution in [2.75, 3.05) is 39.9 Å². The molecule has 168 valence electrons. The van der Waals surface area contributed by atoms with E-state index in [9.17, 15) is 4.79 Å². The minimum absolute atomic E-state index is 0.0823. The number of benzene rings is 1. The van der Waals surface area contributed by atoms with Gasteiger partial charge in [-0.3, -0.25) is 9.69 Å². The van der Waals surface area contributed by atoms with Crippen LogP contribution in [0.2, 0.25) is 0 Å². The summed E-state index contributed by atoms with van der Waals surface area (Å²) >= 11 is 0. The highest BCUT2D eigenvalue weighted by molar-refractivity contribution is 5.95. The summed E-state index contributed by atoms with van der Waals surface area (Å²) in [5.41, 5.74) is 0.665. The van der Waals surface area contributed by atoms with Crippen molar-refractivity contribution < 1.29 is 19.0 Å². The molecule has 30 heavy (non-hydrogen) atoms. The van der Waals surface area contributed by atoms with Crippen LogP contribution in [0.1, 0.15) is 57.3 Å². The molecule has 2 saturated heterocycles. The zero-order valence-electron chi connectivity index (χ0n) is 19.2. The van der Waals surface area contributed by atoms with Crippen molar-refractivity contribution in [2.24, 2.45) is 5.92 Å². The molecule has 2 aliphatic rings. The molecule has 6 nitrogen and oxygen atoms in total. The van der Waals surface area contributed by atoms with Crippen LogP contribution in [-0.4, -0.2) is 73.9 Å². The molecule has 0 saturated carbocycles. The second kappa shape index (κ2) is 10.5. The van der Waals surface area contributed by atoms with Crippen molar-refractivity contribution in [2.45, 2.75) is 65.2 Å². The molecule has 2 heterocycles. The number of methoxy groups -OCH3 is 1. The minimum Gasteiger partial charge on any atom is -0.493 e. The molecule has 1 amide bonds. The number of amides is 1. The smallest absolute Gasteiger partial charge is 0.254 e. The van der Waals surface area contributed by atoms with E-state index >= 15 is 0 Å². The van der Waals surface area contributed by atoms with E-state index in [0.29, 0.717) is 29.6 Å². The van der Waals surface area contributed by atoms with Crippen LogP contribution in [0.5, 0.6) is 11.5 Å². The second-order valence-corrected chi connectivity index (χ2v) is 9.17. The Morgan fingerprint density at radius 2 is 1.93 bits per heavy atom. The van der Waals surface area contributed by atoms with Gasteiger partial charge in [-0.25, -0.2) is 0 Å². The van der Waals surface area contributed by atoms with E-state index in [2.05, 4.69) is 32.6 Å². The molecule has 3 atom stereocenters. The van der Waals surface area contributed by atoms with Crippen molar-refractivity contribution in [3.05, 3.63) is 23.8 Å². The van der Waals surface area contributed by atoms with Gasteiger partial charge in [-0.15, -0.1) is 0 Å². The first kappa shape index (κ1) is 22.9. The minimum atomic E-state index is 0.0823. The van der Waals surface area contributed by atoms with Gasteiger partial charge in [0.1, 0.15) is 0 Å². The van der Waals surface area contributed by atoms with Gasteiger partial charge in [-0.2, -0.15) is 0 Å². The Kier molecular flexibility index (Phi) is 8.00. The Labute approximate surface area is 181 Å². The Bertz CT molecular complexity index is 698. The van der Waals surface area contributed by atoms with Gasteiger partial charge >= 0.3 is 0 Å². The number of likely N-dealkylation sites (tertiary alicyclic amines) is 1. The van der Waals surface area contributed by atoms with Gasteiger partial charge in [0.15, 0.2) is 11.5 Å². The van der Waals surface area contributed by atoms with Crippen LogP contribution >= 0.6 is 0 Å². The van der Waals surface area contributed by atoms with E-state index in [4.69, 9.17) is 14.2 Å². The quantitative estimate of drug-likeness (QED) is 0.642. The van der Waals surface area contributed by atoms with E-state index in [1.807, 2.05) is 23.1 Å². The molecule has 1 aromatic carbocycles. The molecule has 0 aromatic heterocycles. The van der Waals surface area contributed by atoms with Gasteiger partial charge in [-0.1, -0.05) is 13.8 Å². The highest BCUT2D eigenvalue weighted by Crippen LogP contribution is 2.30. The first-order valence-corrected chi connectivity index (χ1v) is 11.4. The summed E-state index contributed by atoms with van der Waals surface area (Å²) in [6, 6.07) is 5.80. The molecule has 0 radical (unpaired) electrons. The molecule has 0 aliphatic carbocycles. The van der Waals surface area contributed by atoms with Gasteiger partial charge in [0.05, 0.1) is 25.9 Å². The normalized spacial score (nSPS) is 25.0. The lowest BCUT2D eigenvalue weighted by molar-refractivity contribution is -0.0715. The average molecular weight is 419 g/mol. The van der Waals surface area contributed by atoms with Crippen molar-refractivity contribution in [1.29, 1.82) is 0 Å². The third-order valence-electron chi connectivity index (χ3n) is 5.97. The summed E-state index contributed by atoms with van der Waals surface area (Å²) in [6.07, 6.45) is 3.58. The van der Waals surface area contributed by atoms with Crippen LogP contribution < -0.4 is 9.47 Å². The molecule has 2 aliphatic heterocycles. The molecular formula is C24H38N2O4. The maximum atomic E-state index is 13.3. The van der Waals surface area contributed by atoms with Crippen LogP contribution in [0.25, 0.3) is 0 Å². The Balaban J connectivity index is 1.65. The number of carbonyl (C=O) groups excluding carboxylic acids is 1. The van der Waals surface area contributed by atoms with Crippen LogP contribution in [-0.2, 0) is 4.74 Å². The number of rotatable bonds is 8. The van der Waals surface area contributed by atoms with Crippen molar-refractivity contribution in [3.63, 3.8) is 0 Å². The fraction of sp³-hybridized carbons (Fsp3) is 0.708. The van der Waals surface area contributed by atoms with Crippen LogP contribution in [0.4, 0.5) is 0 Å². The average Bonchev–Trinajstić information content (AvgIpc) is 3.14. The molecule has 6 heteroatoms. The number of hydrogen-bond donors (Lipinski definition) is 0. The van der Waals surface area contributed by atoms with Crippen molar-refractivity contribution >= 4 is 5.91 Å². The number of ether oxygens (including phenoxy) is 3. The topological polar surface area (TPSA) is 51.2 Å². The monoisotopic (exact) mass is 418 g/mol. The summed E-state index contributed by atoms with van der Waals surface area (Å²) in [5.74, 6) is 1.99. The number of hydrogen-bond acceptors (Lipinski definition) is 5. The maximum absolute atomic E-state index is 13.3. The molecule has 3 rings (SSSR count). The van der Waals surface area contributed by atoms with Gasteiger partial charge in [0, 0.05) is 37.8 Å². The fourth-order valence-electron chi connectivity index (χ4n) is 4.51. The Hall–Kier alpha value is -1.79. The summed E-state index contributed by atoms with van der Waals surface area (Å²) in [7, 11) is 1.62. The van der Waals surface area contributed by atoms with Crippen LogP contribution in [0.15, 0.2) is 18.2 Å². The van der Waals surface area contributed by atoms with Gasteiger partial charge in [-0.05, 0) is 57.2 Å².